The van der Waals surface area contributed by atoms with Crippen LogP contribution in [0, 0.1) is 5.82 Å². The van der Waals surface area contributed by atoms with Crippen molar-refractivity contribution in [3.05, 3.63) is 63.9 Å². The van der Waals surface area contributed by atoms with E-state index < -0.39 is 0 Å². The van der Waals surface area contributed by atoms with E-state index in [9.17, 15) is 4.39 Å². The molecule has 0 saturated heterocycles. The predicted octanol–water partition coefficient (Wildman–Crippen LogP) is 3.62. The van der Waals surface area contributed by atoms with Crippen molar-refractivity contribution in [1.82, 2.24) is 4.90 Å². The number of nitrogens with two attached hydrogens (primary N) is 1. The van der Waals surface area contributed by atoms with Gasteiger partial charge in [0, 0.05) is 35.9 Å². The molecule has 0 bridgehead atoms. The van der Waals surface area contributed by atoms with Crippen LogP contribution in [0.25, 0.3) is 0 Å². The van der Waals surface area contributed by atoms with Crippen molar-refractivity contribution in [2.75, 3.05) is 12.3 Å². The van der Waals surface area contributed by atoms with Gasteiger partial charge in [0.2, 0.25) is 0 Å². The molecule has 1 aliphatic heterocycles. The summed E-state index contributed by atoms with van der Waals surface area (Å²) < 4.78 is 13.8. The first-order valence-electron chi connectivity index (χ1n) is 6.66. The van der Waals surface area contributed by atoms with Crippen LogP contribution in [0.15, 0.2) is 36.4 Å². The van der Waals surface area contributed by atoms with E-state index in [0.29, 0.717) is 17.1 Å². The Morgan fingerprint density at radius 2 is 2.05 bits per heavy atom. The summed E-state index contributed by atoms with van der Waals surface area (Å²) in [6.07, 6.45) is 0.960. The first kappa shape index (κ1) is 13.4. The van der Waals surface area contributed by atoms with Crippen molar-refractivity contribution in [3.8, 4) is 0 Å². The molecule has 1 aliphatic rings. The second-order valence-electron chi connectivity index (χ2n) is 5.19. The lowest BCUT2D eigenvalue weighted by Crippen LogP contribution is -2.30. The van der Waals surface area contributed by atoms with E-state index in [1.54, 1.807) is 12.1 Å². The lowest BCUT2D eigenvalue weighted by Gasteiger charge is -2.29. The zero-order valence-corrected chi connectivity index (χ0v) is 11.8. The second kappa shape index (κ2) is 5.43. The predicted molar refractivity (Wildman–Crippen MR) is 80.1 cm³/mol. The van der Waals surface area contributed by atoms with Crippen molar-refractivity contribution in [2.24, 2.45) is 0 Å². The van der Waals surface area contributed by atoms with E-state index in [4.69, 9.17) is 17.3 Å². The lowest BCUT2D eigenvalue weighted by atomic mass is 9.98. The molecular formula is C16H16ClFN2. The van der Waals surface area contributed by atoms with Crippen LogP contribution >= 0.6 is 11.6 Å². The van der Waals surface area contributed by atoms with Gasteiger partial charge in [-0.15, -0.1) is 0 Å². The highest BCUT2D eigenvalue weighted by molar-refractivity contribution is 6.31. The Hall–Kier alpha value is -1.58. The van der Waals surface area contributed by atoms with E-state index in [2.05, 4.69) is 11.0 Å². The van der Waals surface area contributed by atoms with Crippen molar-refractivity contribution in [2.45, 2.75) is 19.5 Å². The average Bonchev–Trinajstić information content (AvgIpc) is 2.42. The molecule has 4 heteroatoms. The van der Waals surface area contributed by atoms with Crippen molar-refractivity contribution in [1.29, 1.82) is 0 Å². The van der Waals surface area contributed by atoms with Gasteiger partial charge >= 0.3 is 0 Å². The van der Waals surface area contributed by atoms with Gasteiger partial charge in [-0.3, -0.25) is 4.90 Å². The number of hydrogen-bond donors (Lipinski definition) is 1. The van der Waals surface area contributed by atoms with E-state index in [0.717, 1.165) is 25.2 Å². The minimum absolute atomic E-state index is 0.240. The summed E-state index contributed by atoms with van der Waals surface area (Å²) in [6, 6.07) is 10.8. The van der Waals surface area contributed by atoms with Crippen LogP contribution in [0.2, 0.25) is 5.02 Å². The molecule has 3 rings (SSSR count). The van der Waals surface area contributed by atoms with E-state index >= 15 is 0 Å². The molecule has 0 aromatic heterocycles. The maximum Gasteiger partial charge on any atom is 0.129 e. The van der Waals surface area contributed by atoms with Crippen LogP contribution in [-0.2, 0) is 19.5 Å². The van der Waals surface area contributed by atoms with Crippen LogP contribution in [0.5, 0.6) is 0 Å². The molecule has 0 amide bonds. The number of halogens is 2. The largest absolute Gasteiger partial charge is 0.399 e. The third-order valence-corrected chi connectivity index (χ3v) is 4.12. The number of benzene rings is 2. The minimum Gasteiger partial charge on any atom is -0.399 e. The summed E-state index contributed by atoms with van der Waals surface area (Å²) >= 11 is 6.09. The molecule has 1 heterocycles. The highest BCUT2D eigenvalue weighted by atomic mass is 35.5. The number of fused-ring (bicyclic) bond motifs is 1. The van der Waals surface area contributed by atoms with Crippen LogP contribution < -0.4 is 5.73 Å². The Morgan fingerprint density at radius 3 is 2.85 bits per heavy atom. The normalized spacial score (nSPS) is 15.1. The van der Waals surface area contributed by atoms with Gasteiger partial charge in [-0.1, -0.05) is 23.7 Å². The third-order valence-electron chi connectivity index (χ3n) is 3.77. The fraction of sp³-hybridized carbons (Fsp3) is 0.250. The average molecular weight is 291 g/mol. The number of nitrogens with zero attached hydrogens (tertiary/aromatic N) is 1. The number of rotatable bonds is 2. The van der Waals surface area contributed by atoms with E-state index in [1.807, 2.05) is 12.1 Å². The van der Waals surface area contributed by atoms with E-state index in [1.165, 1.54) is 17.2 Å². The Balaban J connectivity index is 1.81. The molecule has 2 aromatic rings. The molecule has 0 atom stereocenters. The fourth-order valence-electron chi connectivity index (χ4n) is 2.68. The molecule has 20 heavy (non-hydrogen) atoms. The third kappa shape index (κ3) is 2.65. The molecule has 0 radical (unpaired) electrons. The maximum absolute atomic E-state index is 13.8. The van der Waals surface area contributed by atoms with Crippen molar-refractivity contribution in [3.63, 3.8) is 0 Å². The molecule has 0 fully saturated rings. The monoisotopic (exact) mass is 290 g/mol. The standard InChI is InChI=1S/C16H16ClFN2/c17-15-2-1-3-16(18)14(15)10-20-7-6-11-4-5-13(19)8-12(11)9-20/h1-5,8H,6-7,9-10,19H2. The van der Waals surface area contributed by atoms with Gasteiger partial charge in [0.1, 0.15) is 5.82 Å². The first-order chi connectivity index (χ1) is 9.63. The van der Waals surface area contributed by atoms with Crippen molar-refractivity contribution >= 4 is 17.3 Å². The number of nitrogen functional groups attached to an aromatic ring is 1. The highest BCUT2D eigenvalue weighted by Gasteiger charge is 2.18. The lowest BCUT2D eigenvalue weighted by molar-refractivity contribution is 0.242. The van der Waals surface area contributed by atoms with Gasteiger partial charge in [-0.25, -0.2) is 4.39 Å². The topological polar surface area (TPSA) is 29.3 Å². The molecule has 0 saturated carbocycles. The molecule has 0 unspecified atom stereocenters. The minimum atomic E-state index is -0.240. The molecule has 0 aliphatic carbocycles. The van der Waals surface area contributed by atoms with Gasteiger partial charge in [-0.05, 0) is 41.8 Å². The first-order valence-corrected chi connectivity index (χ1v) is 7.04. The van der Waals surface area contributed by atoms with Crippen LogP contribution in [-0.4, -0.2) is 11.4 Å². The Bertz CT molecular complexity index is 622. The molecule has 104 valence electrons. The summed E-state index contributed by atoms with van der Waals surface area (Å²) in [5.41, 5.74) is 9.73. The quantitative estimate of drug-likeness (QED) is 0.856. The van der Waals surface area contributed by atoms with Crippen LogP contribution in [0.1, 0.15) is 16.7 Å². The maximum atomic E-state index is 13.8. The summed E-state index contributed by atoms with van der Waals surface area (Å²) in [7, 11) is 0. The van der Waals surface area contributed by atoms with Gasteiger partial charge < -0.3 is 5.73 Å². The fourth-order valence-corrected chi connectivity index (χ4v) is 2.90. The van der Waals surface area contributed by atoms with Crippen LogP contribution in [0.4, 0.5) is 10.1 Å². The Labute approximate surface area is 123 Å². The summed E-state index contributed by atoms with van der Waals surface area (Å²) in [6.45, 7) is 2.21. The van der Waals surface area contributed by atoms with Gasteiger partial charge in [0.05, 0.1) is 0 Å². The molecule has 2 N–H and O–H groups in total. The van der Waals surface area contributed by atoms with Gasteiger partial charge in [0.15, 0.2) is 0 Å². The SMILES string of the molecule is Nc1ccc2c(c1)CN(Cc1c(F)cccc1Cl)CC2. The Kier molecular flexibility index (Phi) is 3.64. The summed E-state index contributed by atoms with van der Waals surface area (Å²) in [5.74, 6) is -0.240. The highest BCUT2D eigenvalue weighted by Crippen LogP contribution is 2.26. The molecular weight excluding hydrogens is 275 g/mol. The summed E-state index contributed by atoms with van der Waals surface area (Å²) in [5, 5.41) is 0.489. The molecule has 2 nitrogen and oxygen atoms in total. The van der Waals surface area contributed by atoms with Crippen molar-refractivity contribution < 1.29 is 4.39 Å². The zero-order chi connectivity index (χ0) is 14.1. The van der Waals surface area contributed by atoms with E-state index in [-0.39, 0.29) is 5.82 Å². The van der Waals surface area contributed by atoms with Crippen LogP contribution in [0.3, 0.4) is 0 Å². The van der Waals surface area contributed by atoms with Gasteiger partial charge in [0.25, 0.3) is 0 Å². The smallest absolute Gasteiger partial charge is 0.129 e. The molecule has 0 spiro atoms. The zero-order valence-electron chi connectivity index (χ0n) is 11.1. The van der Waals surface area contributed by atoms with Gasteiger partial charge in [-0.2, -0.15) is 0 Å². The second-order valence-corrected chi connectivity index (χ2v) is 5.60. The molecule has 2 aromatic carbocycles. The number of hydrogen-bond acceptors (Lipinski definition) is 2. The summed E-state index contributed by atoms with van der Waals surface area (Å²) in [4.78, 5) is 2.20. The Morgan fingerprint density at radius 1 is 1.20 bits per heavy atom. The number of anilines is 1.